The molecule has 0 radical (unpaired) electrons. The van der Waals surface area contributed by atoms with E-state index in [2.05, 4.69) is 10.0 Å². The van der Waals surface area contributed by atoms with Gasteiger partial charge < -0.3 is 5.32 Å². The number of piperidine rings is 1. The molecule has 5 heteroatoms. The molecule has 2 atom stereocenters. The second-order valence-corrected chi connectivity index (χ2v) is 5.95. The fourth-order valence-electron chi connectivity index (χ4n) is 2.52. The quantitative estimate of drug-likeness (QED) is 0.639. The highest BCUT2D eigenvalue weighted by Crippen LogP contribution is 2.33. The van der Waals surface area contributed by atoms with Crippen molar-refractivity contribution in [2.75, 3.05) is 19.3 Å². The summed E-state index contributed by atoms with van der Waals surface area (Å²) in [5.41, 5.74) is 0. The Bertz CT molecular complexity index is 273. The summed E-state index contributed by atoms with van der Waals surface area (Å²) in [7, 11) is -3.03. The van der Waals surface area contributed by atoms with Crippen LogP contribution in [-0.4, -0.2) is 33.8 Å². The minimum atomic E-state index is -3.03. The number of rotatable bonds is 2. The van der Waals surface area contributed by atoms with Crippen molar-refractivity contribution in [3.8, 4) is 0 Å². The van der Waals surface area contributed by atoms with Crippen molar-refractivity contribution in [1.29, 1.82) is 0 Å². The average Bonchev–Trinajstić information content (AvgIpc) is 2.29. The van der Waals surface area contributed by atoms with Crippen LogP contribution in [0.3, 0.4) is 0 Å². The van der Waals surface area contributed by atoms with Crippen LogP contribution in [-0.2, 0) is 10.0 Å². The molecule has 1 heterocycles. The van der Waals surface area contributed by atoms with Gasteiger partial charge in [0.15, 0.2) is 0 Å². The molecule has 0 spiro atoms. The van der Waals surface area contributed by atoms with Crippen molar-refractivity contribution in [1.82, 2.24) is 10.0 Å². The van der Waals surface area contributed by atoms with Gasteiger partial charge in [-0.2, -0.15) is 0 Å². The second kappa shape index (κ2) is 3.22. The molecule has 1 aliphatic carbocycles. The highest BCUT2D eigenvalue weighted by molar-refractivity contribution is 7.88. The van der Waals surface area contributed by atoms with E-state index in [1.54, 1.807) is 0 Å². The third-order valence-electron chi connectivity index (χ3n) is 3.09. The molecular formula is C8H16N2O2S. The van der Waals surface area contributed by atoms with E-state index in [0.29, 0.717) is 11.8 Å². The van der Waals surface area contributed by atoms with Crippen LogP contribution in [0.5, 0.6) is 0 Å². The standard InChI is InChI=1S/C8H16N2O2S/c1-13(11,12)10-8-6-2-3-7(8)5-9-4-6/h6-10H,2-5H2,1H3. The summed E-state index contributed by atoms with van der Waals surface area (Å²) < 4.78 is 24.9. The Morgan fingerprint density at radius 1 is 1.23 bits per heavy atom. The average molecular weight is 204 g/mol. The molecule has 2 fully saturated rings. The lowest BCUT2D eigenvalue weighted by atomic mass is 9.95. The molecule has 2 unspecified atom stereocenters. The summed E-state index contributed by atoms with van der Waals surface area (Å²) in [6.07, 6.45) is 3.56. The molecule has 2 aliphatic rings. The van der Waals surface area contributed by atoms with Gasteiger partial charge in [-0.3, -0.25) is 0 Å². The van der Waals surface area contributed by atoms with Gasteiger partial charge in [0.1, 0.15) is 0 Å². The molecule has 4 nitrogen and oxygen atoms in total. The smallest absolute Gasteiger partial charge is 0.208 e. The topological polar surface area (TPSA) is 58.2 Å². The Morgan fingerprint density at radius 3 is 2.23 bits per heavy atom. The molecule has 0 aromatic carbocycles. The Hall–Kier alpha value is -0.130. The minimum Gasteiger partial charge on any atom is -0.316 e. The normalized spacial score (nSPS) is 39.3. The molecule has 2 N–H and O–H groups in total. The van der Waals surface area contributed by atoms with Gasteiger partial charge in [-0.15, -0.1) is 0 Å². The van der Waals surface area contributed by atoms with Gasteiger partial charge in [-0.1, -0.05) is 0 Å². The zero-order chi connectivity index (χ0) is 9.47. The van der Waals surface area contributed by atoms with E-state index in [4.69, 9.17) is 0 Å². The van der Waals surface area contributed by atoms with Crippen LogP contribution in [0, 0.1) is 11.8 Å². The number of fused-ring (bicyclic) bond motifs is 2. The lowest BCUT2D eigenvalue weighted by Crippen LogP contribution is -2.50. The van der Waals surface area contributed by atoms with Crippen LogP contribution in [0.2, 0.25) is 0 Å². The highest BCUT2D eigenvalue weighted by atomic mass is 32.2. The van der Waals surface area contributed by atoms with E-state index >= 15 is 0 Å². The SMILES string of the molecule is CS(=O)(=O)NC1C2CCC1CNC2. The maximum atomic E-state index is 11.1. The summed E-state index contributed by atoms with van der Waals surface area (Å²) in [5, 5.41) is 3.33. The molecule has 0 aromatic rings. The molecule has 2 bridgehead atoms. The van der Waals surface area contributed by atoms with Crippen LogP contribution >= 0.6 is 0 Å². The van der Waals surface area contributed by atoms with Crippen LogP contribution < -0.4 is 10.0 Å². The van der Waals surface area contributed by atoms with Crippen molar-refractivity contribution in [2.24, 2.45) is 11.8 Å². The predicted molar refractivity (Wildman–Crippen MR) is 50.9 cm³/mol. The Kier molecular flexibility index (Phi) is 2.33. The zero-order valence-electron chi connectivity index (χ0n) is 7.79. The van der Waals surface area contributed by atoms with E-state index in [9.17, 15) is 8.42 Å². The minimum absolute atomic E-state index is 0.191. The number of hydrogen-bond acceptors (Lipinski definition) is 3. The van der Waals surface area contributed by atoms with Gasteiger partial charge >= 0.3 is 0 Å². The first kappa shape index (κ1) is 9.43. The number of sulfonamides is 1. The fourth-order valence-corrected chi connectivity index (χ4v) is 3.40. The predicted octanol–water partition coefficient (Wildman–Crippen LogP) is -0.466. The second-order valence-electron chi connectivity index (χ2n) is 4.17. The number of nitrogens with one attached hydrogen (secondary N) is 2. The molecular weight excluding hydrogens is 188 g/mol. The first-order chi connectivity index (χ1) is 6.06. The third kappa shape index (κ3) is 2.03. The van der Waals surface area contributed by atoms with Crippen molar-refractivity contribution in [2.45, 2.75) is 18.9 Å². The molecule has 1 saturated carbocycles. The third-order valence-corrected chi connectivity index (χ3v) is 3.79. The summed E-state index contributed by atoms with van der Waals surface area (Å²) in [6, 6.07) is 0.191. The summed E-state index contributed by atoms with van der Waals surface area (Å²) in [4.78, 5) is 0. The molecule has 0 aromatic heterocycles. The van der Waals surface area contributed by atoms with Crippen molar-refractivity contribution in [3.05, 3.63) is 0 Å². The van der Waals surface area contributed by atoms with Gasteiger partial charge in [0.05, 0.1) is 6.26 Å². The molecule has 76 valence electrons. The summed E-state index contributed by atoms with van der Waals surface area (Å²) >= 11 is 0. The van der Waals surface area contributed by atoms with Crippen LogP contribution in [0.1, 0.15) is 12.8 Å². The Morgan fingerprint density at radius 2 is 1.77 bits per heavy atom. The van der Waals surface area contributed by atoms with Crippen LogP contribution in [0.25, 0.3) is 0 Å². The van der Waals surface area contributed by atoms with Gasteiger partial charge in [0.2, 0.25) is 10.0 Å². The molecule has 2 rings (SSSR count). The van der Waals surface area contributed by atoms with E-state index in [1.807, 2.05) is 0 Å². The molecule has 1 saturated heterocycles. The van der Waals surface area contributed by atoms with E-state index < -0.39 is 10.0 Å². The largest absolute Gasteiger partial charge is 0.316 e. The maximum absolute atomic E-state index is 11.1. The lowest BCUT2D eigenvalue weighted by Gasteiger charge is -2.30. The zero-order valence-corrected chi connectivity index (χ0v) is 8.60. The van der Waals surface area contributed by atoms with E-state index in [-0.39, 0.29) is 6.04 Å². The van der Waals surface area contributed by atoms with Gasteiger partial charge in [-0.05, 0) is 37.8 Å². The van der Waals surface area contributed by atoms with Gasteiger partial charge in [-0.25, -0.2) is 13.1 Å². The number of hydrogen-bond donors (Lipinski definition) is 2. The van der Waals surface area contributed by atoms with Crippen molar-refractivity contribution >= 4 is 10.0 Å². The maximum Gasteiger partial charge on any atom is 0.208 e. The first-order valence-electron chi connectivity index (χ1n) is 4.74. The Labute approximate surface area is 79.1 Å². The highest BCUT2D eigenvalue weighted by Gasteiger charge is 2.39. The Balaban J connectivity index is 2.07. The molecule has 13 heavy (non-hydrogen) atoms. The van der Waals surface area contributed by atoms with E-state index in [0.717, 1.165) is 25.9 Å². The fraction of sp³-hybridized carbons (Fsp3) is 1.00. The monoisotopic (exact) mass is 204 g/mol. The van der Waals surface area contributed by atoms with Gasteiger partial charge in [0.25, 0.3) is 0 Å². The molecule has 0 amide bonds. The first-order valence-corrected chi connectivity index (χ1v) is 6.63. The van der Waals surface area contributed by atoms with Crippen LogP contribution in [0.15, 0.2) is 0 Å². The van der Waals surface area contributed by atoms with Crippen molar-refractivity contribution < 1.29 is 8.42 Å². The van der Waals surface area contributed by atoms with Gasteiger partial charge in [0, 0.05) is 6.04 Å². The van der Waals surface area contributed by atoms with E-state index in [1.165, 1.54) is 6.26 Å². The lowest BCUT2D eigenvalue weighted by molar-refractivity contribution is 0.303. The van der Waals surface area contributed by atoms with Crippen LogP contribution in [0.4, 0.5) is 0 Å². The summed E-state index contributed by atoms with van der Waals surface area (Å²) in [5.74, 6) is 1.02. The molecule has 1 aliphatic heterocycles. The van der Waals surface area contributed by atoms with Crippen molar-refractivity contribution in [3.63, 3.8) is 0 Å². The summed E-state index contributed by atoms with van der Waals surface area (Å²) in [6.45, 7) is 1.92.